The summed E-state index contributed by atoms with van der Waals surface area (Å²) in [6, 6.07) is 0.265. The monoisotopic (exact) mass is 210 g/mol. The predicted octanol–water partition coefficient (Wildman–Crippen LogP) is 1.29. The number of carbonyl (C=O) groups excluding carboxylic acids is 1. The zero-order valence-electron chi connectivity index (χ0n) is 9.81. The van der Waals surface area contributed by atoms with Crippen LogP contribution in [0, 0.1) is 12.3 Å². The van der Waals surface area contributed by atoms with Gasteiger partial charge in [-0.1, -0.05) is 6.92 Å². The van der Waals surface area contributed by atoms with Crippen molar-refractivity contribution in [3.63, 3.8) is 0 Å². The molecule has 0 saturated carbocycles. The van der Waals surface area contributed by atoms with E-state index in [-0.39, 0.29) is 11.9 Å². The molecular weight excluding hydrogens is 188 g/mol. The SMILES string of the molecule is C#CCCCCNCC(=O)NC(C)CC. The van der Waals surface area contributed by atoms with Gasteiger partial charge in [-0.05, 0) is 32.7 Å². The minimum atomic E-state index is 0.0706. The van der Waals surface area contributed by atoms with E-state index in [0.29, 0.717) is 6.54 Å². The van der Waals surface area contributed by atoms with Gasteiger partial charge in [0.1, 0.15) is 0 Å². The van der Waals surface area contributed by atoms with Crippen LogP contribution in [-0.2, 0) is 4.79 Å². The Morgan fingerprint density at radius 1 is 1.47 bits per heavy atom. The number of nitrogens with one attached hydrogen (secondary N) is 2. The normalized spacial score (nSPS) is 11.8. The van der Waals surface area contributed by atoms with Crippen LogP contribution in [0.15, 0.2) is 0 Å². The number of terminal acetylenes is 1. The fourth-order valence-electron chi connectivity index (χ4n) is 1.11. The fourth-order valence-corrected chi connectivity index (χ4v) is 1.11. The Hall–Kier alpha value is -1.01. The van der Waals surface area contributed by atoms with Crippen molar-refractivity contribution in [3.8, 4) is 12.3 Å². The molecule has 0 aromatic rings. The maximum atomic E-state index is 11.3. The highest BCUT2D eigenvalue weighted by molar-refractivity contribution is 5.78. The van der Waals surface area contributed by atoms with Crippen LogP contribution in [0.3, 0.4) is 0 Å². The summed E-state index contributed by atoms with van der Waals surface area (Å²) >= 11 is 0. The van der Waals surface area contributed by atoms with Gasteiger partial charge in [0.15, 0.2) is 0 Å². The van der Waals surface area contributed by atoms with Crippen molar-refractivity contribution < 1.29 is 4.79 Å². The van der Waals surface area contributed by atoms with Crippen molar-refractivity contribution in [2.45, 2.75) is 45.6 Å². The molecule has 0 spiro atoms. The first-order valence-electron chi connectivity index (χ1n) is 5.64. The summed E-state index contributed by atoms with van der Waals surface area (Å²) in [5, 5.41) is 5.99. The lowest BCUT2D eigenvalue weighted by Crippen LogP contribution is -2.38. The van der Waals surface area contributed by atoms with Gasteiger partial charge in [0.2, 0.25) is 5.91 Å². The second-order valence-corrected chi connectivity index (χ2v) is 3.71. The summed E-state index contributed by atoms with van der Waals surface area (Å²) < 4.78 is 0. The Morgan fingerprint density at radius 3 is 2.80 bits per heavy atom. The van der Waals surface area contributed by atoms with E-state index in [0.717, 1.165) is 32.2 Å². The summed E-state index contributed by atoms with van der Waals surface area (Å²) in [6.45, 7) is 5.32. The van der Waals surface area contributed by atoms with Gasteiger partial charge in [-0.25, -0.2) is 0 Å². The first-order chi connectivity index (χ1) is 7.20. The van der Waals surface area contributed by atoms with Gasteiger partial charge in [-0.2, -0.15) is 0 Å². The van der Waals surface area contributed by atoms with Crippen LogP contribution in [0.4, 0.5) is 0 Å². The second-order valence-electron chi connectivity index (χ2n) is 3.71. The molecular formula is C12H22N2O. The molecule has 0 aromatic carbocycles. The zero-order chi connectivity index (χ0) is 11.5. The molecule has 0 rings (SSSR count). The molecule has 2 N–H and O–H groups in total. The third kappa shape index (κ3) is 9.30. The van der Waals surface area contributed by atoms with Crippen LogP contribution in [0.1, 0.15) is 39.5 Å². The van der Waals surface area contributed by atoms with Crippen molar-refractivity contribution >= 4 is 5.91 Å². The molecule has 0 fully saturated rings. The molecule has 0 saturated heterocycles. The zero-order valence-corrected chi connectivity index (χ0v) is 9.81. The number of amides is 1. The quantitative estimate of drug-likeness (QED) is 0.468. The number of hydrogen-bond donors (Lipinski definition) is 2. The minimum absolute atomic E-state index is 0.0706. The number of carbonyl (C=O) groups is 1. The molecule has 1 amide bonds. The Kier molecular flexibility index (Phi) is 8.90. The smallest absolute Gasteiger partial charge is 0.234 e. The second kappa shape index (κ2) is 9.54. The molecule has 0 bridgehead atoms. The summed E-state index contributed by atoms with van der Waals surface area (Å²) in [4.78, 5) is 11.3. The molecule has 0 aliphatic rings. The molecule has 0 heterocycles. The van der Waals surface area contributed by atoms with Gasteiger partial charge in [0.25, 0.3) is 0 Å². The third-order valence-electron chi connectivity index (χ3n) is 2.23. The Balaban J connectivity index is 3.28. The van der Waals surface area contributed by atoms with E-state index in [1.54, 1.807) is 0 Å². The summed E-state index contributed by atoms with van der Waals surface area (Å²) in [7, 11) is 0. The highest BCUT2D eigenvalue weighted by atomic mass is 16.1. The van der Waals surface area contributed by atoms with E-state index >= 15 is 0 Å². The van der Waals surface area contributed by atoms with Gasteiger partial charge >= 0.3 is 0 Å². The van der Waals surface area contributed by atoms with Gasteiger partial charge in [0, 0.05) is 12.5 Å². The highest BCUT2D eigenvalue weighted by Crippen LogP contribution is 1.91. The van der Waals surface area contributed by atoms with E-state index in [1.165, 1.54) is 0 Å². The van der Waals surface area contributed by atoms with Crippen molar-refractivity contribution in [2.75, 3.05) is 13.1 Å². The standard InChI is InChI=1S/C12H22N2O/c1-4-6-7-8-9-13-10-12(15)14-11(3)5-2/h1,11,13H,5-10H2,2-3H3,(H,14,15). The van der Waals surface area contributed by atoms with E-state index in [9.17, 15) is 4.79 Å². The summed E-state index contributed by atoms with van der Waals surface area (Å²) in [6.07, 6.45) is 8.97. The predicted molar refractivity (Wildman–Crippen MR) is 63.4 cm³/mol. The van der Waals surface area contributed by atoms with Crippen LogP contribution >= 0.6 is 0 Å². The Bertz CT molecular complexity index is 208. The lowest BCUT2D eigenvalue weighted by molar-refractivity contribution is -0.120. The van der Waals surface area contributed by atoms with E-state index in [1.807, 2.05) is 6.92 Å². The maximum Gasteiger partial charge on any atom is 0.234 e. The van der Waals surface area contributed by atoms with E-state index in [2.05, 4.69) is 23.5 Å². The van der Waals surface area contributed by atoms with Crippen molar-refractivity contribution in [1.29, 1.82) is 0 Å². The fraction of sp³-hybridized carbons (Fsp3) is 0.750. The van der Waals surface area contributed by atoms with Gasteiger partial charge in [0.05, 0.1) is 6.54 Å². The van der Waals surface area contributed by atoms with Crippen molar-refractivity contribution in [1.82, 2.24) is 10.6 Å². The highest BCUT2D eigenvalue weighted by Gasteiger charge is 2.03. The Morgan fingerprint density at radius 2 is 2.20 bits per heavy atom. The van der Waals surface area contributed by atoms with Gasteiger partial charge in [-0.15, -0.1) is 12.3 Å². The lowest BCUT2D eigenvalue weighted by Gasteiger charge is -2.11. The number of hydrogen-bond acceptors (Lipinski definition) is 2. The van der Waals surface area contributed by atoms with Gasteiger partial charge < -0.3 is 10.6 Å². The molecule has 0 radical (unpaired) electrons. The molecule has 0 aliphatic heterocycles. The molecule has 0 aliphatic carbocycles. The molecule has 1 atom stereocenters. The first-order valence-corrected chi connectivity index (χ1v) is 5.64. The maximum absolute atomic E-state index is 11.3. The third-order valence-corrected chi connectivity index (χ3v) is 2.23. The molecule has 86 valence electrons. The van der Waals surface area contributed by atoms with Crippen molar-refractivity contribution in [3.05, 3.63) is 0 Å². The van der Waals surface area contributed by atoms with E-state index < -0.39 is 0 Å². The average Bonchev–Trinajstić information content (AvgIpc) is 2.23. The van der Waals surface area contributed by atoms with Crippen LogP contribution in [0.5, 0.6) is 0 Å². The van der Waals surface area contributed by atoms with Crippen LogP contribution in [0.2, 0.25) is 0 Å². The molecule has 3 heteroatoms. The van der Waals surface area contributed by atoms with Crippen LogP contribution in [-0.4, -0.2) is 25.0 Å². The van der Waals surface area contributed by atoms with Crippen LogP contribution < -0.4 is 10.6 Å². The molecule has 1 unspecified atom stereocenters. The Labute approximate surface area is 93.0 Å². The van der Waals surface area contributed by atoms with Crippen LogP contribution in [0.25, 0.3) is 0 Å². The average molecular weight is 210 g/mol. The number of rotatable bonds is 8. The summed E-state index contributed by atoms with van der Waals surface area (Å²) in [5.41, 5.74) is 0. The summed E-state index contributed by atoms with van der Waals surface area (Å²) in [5.74, 6) is 2.66. The molecule has 15 heavy (non-hydrogen) atoms. The first kappa shape index (κ1) is 14.0. The molecule has 0 aromatic heterocycles. The lowest BCUT2D eigenvalue weighted by atomic mass is 10.2. The topological polar surface area (TPSA) is 41.1 Å². The van der Waals surface area contributed by atoms with E-state index in [4.69, 9.17) is 6.42 Å². The van der Waals surface area contributed by atoms with Gasteiger partial charge in [-0.3, -0.25) is 4.79 Å². The number of unbranched alkanes of at least 4 members (excludes halogenated alkanes) is 2. The minimum Gasteiger partial charge on any atom is -0.353 e. The molecule has 3 nitrogen and oxygen atoms in total. The van der Waals surface area contributed by atoms with Crippen molar-refractivity contribution in [2.24, 2.45) is 0 Å². The largest absolute Gasteiger partial charge is 0.353 e.